The molecule has 6 nitrogen and oxygen atoms in total. The Morgan fingerprint density at radius 1 is 1.36 bits per heavy atom. The van der Waals surface area contributed by atoms with Gasteiger partial charge in [0.15, 0.2) is 11.0 Å². The Kier molecular flexibility index (Phi) is 5.63. The number of rotatable bonds is 8. The SMILES string of the molecule is CCn1c(COc2cccc(C)c2C)nnc1SCC(=O)NC1CC1. The molecule has 0 unspecified atom stereocenters. The number of aryl methyl sites for hydroxylation is 1. The summed E-state index contributed by atoms with van der Waals surface area (Å²) in [6.45, 7) is 7.26. The average molecular weight is 360 g/mol. The highest BCUT2D eigenvalue weighted by Crippen LogP contribution is 2.23. The third-order valence-corrected chi connectivity index (χ3v) is 5.26. The molecule has 0 atom stereocenters. The van der Waals surface area contributed by atoms with Crippen LogP contribution in [0.2, 0.25) is 0 Å². The number of ether oxygens (including phenoxy) is 1. The minimum absolute atomic E-state index is 0.0614. The van der Waals surface area contributed by atoms with Gasteiger partial charge in [0.2, 0.25) is 5.91 Å². The normalized spacial score (nSPS) is 13.7. The molecule has 2 aromatic rings. The van der Waals surface area contributed by atoms with Crippen LogP contribution >= 0.6 is 11.8 Å². The molecule has 0 radical (unpaired) electrons. The second-order valence-corrected chi connectivity index (χ2v) is 7.20. The van der Waals surface area contributed by atoms with Crippen molar-refractivity contribution in [3.05, 3.63) is 35.2 Å². The first-order valence-electron chi connectivity index (χ1n) is 8.61. The number of thioether (sulfide) groups is 1. The van der Waals surface area contributed by atoms with Crippen molar-refractivity contribution in [3.8, 4) is 5.75 Å². The van der Waals surface area contributed by atoms with Gasteiger partial charge in [0.25, 0.3) is 0 Å². The molecule has 134 valence electrons. The fourth-order valence-corrected chi connectivity index (χ4v) is 3.33. The van der Waals surface area contributed by atoms with Crippen LogP contribution in [0.1, 0.15) is 36.7 Å². The number of nitrogens with one attached hydrogen (secondary N) is 1. The second-order valence-electron chi connectivity index (χ2n) is 6.26. The van der Waals surface area contributed by atoms with Crippen molar-refractivity contribution in [2.75, 3.05) is 5.75 Å². The van der Waals surface area contributed by atoms with Gasteiger partial charge in [-0.3, -0.25) is 4.79 Å². The van der Waals surface area contributed by atoms with E-state index in [4.69, 9.17) is 4.74 Å². The highest BCUT2D eigenvalue weighted by Gasteiger charge is 2.23. The summed E-state index contributed by atoms with van der Waals surface area (Å²) in [5, 5.41) is 12.2. The Morgan fingerprint density at radius 2 is 2.16 bits per heavy atom. The van der Waals surface area contributed by atoms with E-state index in [1.807, 2.05) is 23.6 Å². The number of amides is 1. The molecule has 0 aliphatic heterocycles. The van der Waals surface area contributed by atoms with Gasteiger partial charge in [-0.15, -0.1) is 10.2 Å². The number of hydrogen-bond acceptors (Lipinski definition) is 5. The van der Waals surface area contributed by atoms with Crippen molar-refractivity contribution in [3.63, 3.8) is 0 Å². The molecule has 25 heavy (non-hydrogen) atoms. The van der Waals surface area contributed by atoms with E-state index in [-0.39, 0.29) is 5.91 Å². The lowest BCUT2D eigenvalue weighted by Crippen LogP contribution is -2.27. The largest absolute Gasteiger partial charge is 0.485 e. The van der Waals surface area contributed by atoms with Gasteiger partial charge in [0.05, 0.1) is 5.75 Å². The zero-order chi connectivity index (χ0) is 17.8. The molecule has 3 rings (SSSR count). The molecule has 0 bridgehead atoms. The van der Waals surface area contributed by atoms with E-state index in [9.17, 15) is 4.79 Å². The molecule has 1 aliphatic rings. The Labute approximate surface area is 152 Å². The Morgan fingerprint density at radius 3 is 2.88 bits per heavy atom. The predicted octanol–water partition coefficient (Wildman–Crippen LogP) is 2.86. The summed E-state index contributed by atoms with van der Waals surface area (Å²) >= 11 is 1.42. The fourth-order valence-electron chi connectivity index (χ4n) is 2.50. The monoisotopic (exact) mass is 360 g/mol. The van der Waals surface area contributed by atoms with Crippen LogP contribution in [0.5, 0.6) is 5.75 Å². The van der Waals surface area contributed by atoms with E-state index in [2.05, 4.69) is 35.4 Å². The van der Waals surface area contributed by atoms with E-state index < -0.39 is 0 Å². The highest BCUT2D eigenvalue weighted by atomic mass is 32.2. The van der Waals surface area contributed by atoms with Crippen LogP contribution in [-0.2, 0) is 17.9 Å². The first kappa shape index (κ1) is 17.8. The Hall–Kier alpha value is -2.02. The molecule has 1 amide bonds. The standard InChI is InChI=1S/C18H24N4O2S/c1-4-22-16(10-24-15-7-5-6-12(2)13(15)3)20-21-18(22)25-11-17(23)19-14-8-9-14/h5-7,14H,4,8-11H2,1-3H3,(H,19,23). The molecule has 7 heteroatoms. The van der Waals surface area contributed by atoms with Crippen molar-refractivity contribution < 1.29 is 9.53 Å². The summed E-state index contributed by atoms with van der Waals surface area (Å²) in [5.41, 5.74) is 2.34. The van der Waals surface area contributed by atoms with Crippen LogP contribution in [0, 0.1) is 13.8 Å². The van der Waals surface area contributed by atoms with Gasteiger partial charge in [0, 0.05) is 12.6 Å². The topological polar surface area (TPSA) is 69.0 Å². The zero-order valence-electron chi connectivity index (χ0n) is 14.9. The predicted molar refractivity (Wildman–Crippen MR) is 97.8 cm³/mol. The van der Waals surface area contributed by atoms with Crippen LogP contribution in [0.4, 0.5) is 0 Å². The molecule has 1 saturated carbocycles. The fraction of sp³-hybridized carbons (Fsp3) is 0.500. The molecule has 1 fully saturated rings. The summed E-state index contributed by atoms with van der Waals surface area (Å²) in [7, 11) is 0. The van der Waals surface area contributed by atoms with Gasteiger partial charge in [-0.2, -0.15) is 0 Å². The summed E-state index contributed by atoms with van der Waals surface area (Å²) < 4.78 is 7.93. The number of nitrogens with zero attached hydrogens (tertiary/aromatic N) is 3. The third-order valence-electron chi connectivity index (χ3n) is 4.30. The van der Waals surface area contributed by atoms with Crippen molar-refractivity contribution in [1.82, 2.24) is 20.1 Å². The van der Waals surface area contributed by atoms with E-state index >= 15 is 0 Å². The molecule has 0 spiro atoms. The zero-order valence-corrected chi connectivity index (χ0v) is 15.7. The quantitative estimate of drug-likeness (QED) is 0.733. The van der Waals surface area contributed by atoms with Gasteiger partial charge in [0.1, 0.15) is 12.4 Å². The first-order chi connectivity index (χ1) is 12.1. The van der Waals surface area contributed by atoms with Crippen LogP contribution < -0.4 is 10.1 Å². The number of aromatic nitrogens is 3. The maximum Gasteiger partial charge on any atom is 0.230 e. The van der Waals surface area contributed by atoms with Gasteiger partial charge in [-0.05, 0) is 50.8 Å². The molecule has 0 saturated heterocycles. The van der Waals surface area contributed by atoms with E-state index in [0.29, 0.717) is 18.4 Å². The lowest BCUT2D eigenvalue weighted by molar-refractivity contribution is -0.118. The van der Waals surface area contributed by atoms with Gasteiger partial charge in [-0.1, -0.05) is 23.9 Å². The summed E-state index contributed by atoms with van der Waals surface area (Å²) in [5.74, 6) is 2.07. The minimum atomic E-state index is 0.0614. The lowest BCUT2D eigenvalue weighted by atomic mass is 10.1. The van der Waals surface area contributed by atoms with Gasteiger partial charge < -0.3 is 14.6 Å². The van der Waals surface area contributed by atoms with Crippen LogP contribution in [0.25, 0.3) is 0 Å². The minimum Gasteiger partial charge on any atom is -0.485 e. The number of hydrogen-bond donors (Lipinski definition) is 1. The van der Waals surface area contributed by atoms with E-state index in [1.165, 1.54) is 17.3 Å². The maximum absolute atomic E-state index is 11.8. The summed E-state index contributed by atoms with van der Waals surface area (Å²) in [4.78, 5) is 11.8. The third kappa shape index (κ3) is 4.54. The van der Waals surface area contributed by atoms with Crippen molar-refractivity contribution in [1.29, 1.82) is 0 Å². The van der Waals surface area contributed by atoms with E-state index in [1.54, 1.807) is 0 Å². The summed E-state index contributed by atoms with van der Waals surface area (Å²) in [6.07, 6.45) is 2.20. The lowest BCUT2D eigenvalue weighted by Gasteiger charge is -2.11. The second kappa shape index (κ2) is 7.91. The molecular formula is C18H24N4O2S. The summed E-state index contributed by atoms with van der Waals surface area (Å²) in [6, 6.07) is 6.41. The van der Waals surface area contributed by atoms with E-state index in [0.717, 1.165) is 41.7 Å². The van der Waals surface area contributed by atoms with Crippen LogP contribution in [0.3, 0.4) is 0 Å². The Bertz CT molecular complexity index is 756. The van der Waals surface area contributed by atoms with Crippen molar-refractivity contribution >= 4 is 17.7 Å². The molecular weight excluding hydrogens is 336 g/mol. The molecule has 1 aromatic carbocycles. The van der Waals surface area contributed by atoms with Gasteiger partial charge in [-0.25, -0.2) is 0 Å². The number of carbonyl (C=O) groups excluding carboxylic acids is 1. The van der Waals surface area contributed by atoms with Gasteiger partial charge >= 0.3 is 0 Å². The molecule has 1 heterocycles. The van der Waals surface area contributed by atoms with Crippen LogP contribution in [0.15, 0.2) is 23.4 Å². The average Bonchev–Trinajstić information content (AvgIpc) is 3.32. The molecule has 1 N–H and O–H groups in total. The van der Waals surface area contributed by atoms with Crippen molar-refractivity contribution in [2.24, 2.45) is 0 Å². The maximum atomic E-state index is 11.8. The van der Waals surface area contributed by atoms with Crippen molar-refractivity contribution in [2.45, 2.75) is 58.0 Å². The molecule has 1 aromatic heterocycles. The number of carbonyl (C=O) groups is 1. The first-order valence-corrected chi connectivity index (χ1v) is 9.60. The smallest absolute Gasteiger partial charge is 0.230 e. The number of benzene rings is 1. The highest BCUT2D eigenvalue weighted by molar-refractivity contribution is 7.99. The Balaban J connectivity index is 1.60. The van der Waals surface area contributed by atoms with Crippen LogP contribution in [-0.4, -0.2) is 32.5 Å². The molecule has 1 aliphatic carbocycles.